The molecule has 4 rings (SSSR count). The van der Waals surface area contributed by atoms with Crippen molar-refractivity contribution in [2.45, 2.75) is 33.2 Å². The van der Waals surface area contributed by atoms with Crippen molar-refractivity contribution in [3.05, 3.63) is 29.9 Å². The summed E-state index contributed by atoms with van der Waals surface area (Å²) in [5.74, 6) is 1.62. The summed E-state index contributed by atoms with van der Waals surface area (Å²) in [7, 11) is 2.03. The summed E-state index contributed by atoms with van der Waals surface area (Å²) in [5, 5.41) is 9.36. The minimum absolute atomic E-state index is 0.210. The maximum Gasteiger partial charge on any atom is 0.0945 e. The molecule has 21 heavy (non-hydrogen) atoms. The van der Waals surface area contributed by atoms with Gasteiger partial charge in [0, 0.05) is 32.9 Å². The summed E-state index contributed by atoms with van der Waals surface area (Å²) in [6, 6.07) is 0. The first-order valence-corrected chi connectivity index (χ1v) is 7.99. The van der Waals surface area contributed by atoms with Crippen LogP contribution in [-0.4, -0.2) is 39.3 Å². The molecule has 0 unspecified atom stereocenters. The van der Waals surface area contributed by atoms with Gasteiger partial charge in [0.25, 0.3) is 0 Å². The van der Waals surface area contributed by atoms with E-state index in [-0.39, 0.29) is 6.61 Å². The Labute approximate surface area is 127 Å². The summed E-state index contributed by atoms with van der Waals surface area (Å²) in [4.78, 5) is 6.53. The molecule has 0 amide bonds. The smallest absolute Gasteiger partial charge is 0.0945 e. The molecule has 1 saturated carbocycles. The van der Waals surface area contributed by atoms with Crippen molar-refractivity contribution in [1.82, 2.24) is 14.5 Å². The average Bonchev–Trinajstić information content (AvgIpc) is 2.84. The summed E-state index contributed by atoms with van der Waals surface area (Å²) >= 11 is 0. The van der Waals surface area contributed by atoms with Crippen molar-refractivity contribution in [3.8, 4) is 0 Å². The van der Waals surface area contributed by atoms with Gasteiger partial charge in [-0.25, -0.2) is 4.98 Å². The van der Waals surface area contributed by atoms with Crippen LogP contribution in [0.2, 0.25) is 0 Å². The number of fused-ring (bicyclic) bond motifs is 1. The lowest BCUT2D eigenvalue weighted by Crippen LogP contribution is -2.50. The molecule has 0 aliphatic heterocycles. The predicted molar refractivity (Wildman–Crippen MR) is 83.6 cm³/mol. The third kappa shape index (κ3) is 2.67. The number of hydrogen-bond acceptors (Lipinski definition) is 3. The summed E-state index contributed by atoms with van der Waals surface area (Å²) in [5.41, 5.74) is 3.25. The van der Waals surface area contributed by atoms with E-state index < -0.39 is 0 Å². The van der Waals surface area contributed by atoms with E-state index in [9.17, 15) is 5.11 Å². The SMILES string of the molecule is Cn1cncc1CN(CCO)CC1=CC[C@H]2C[C@@H]1C2(C)C. The van der Waals surface area contributed by atoms with Crippen molar-refractivity contribution in [3.63, 3.8) is 0 Å². The van der Waals surface area contributed by atoms with Crippen molar-refractivity contribution < 1.29 is 5.11 Å². The van der Waals surface area contributed by atoms with Gasteiger partial charge in [-0.15, -0.1) is 0 Å². The van der Waals surface area contributed by atoms with E-state index in [1.807, 2.05) is 19.6 Å². The number of aryl methyl sites for hydroxylation is 1. The lowest BCUT2D eigenvalue weighted by molar-refractivity contribution is -0.0113. The van der Waals surface area contributed by atoms with Crippen molar-refractivity contribution in [2.24, 2.45) is 24.3 Å². The first kappa shape index (κ1) is 14.8. The second-order valence-corrected chi connectivity index (χ2v) is 7.25. The van der Waals surface area contributed by atoms with Gasteiger partial charge in [-0.1, -0.05) is 25.5 Å². The topological polar surface area (TPSA) is 41.3 Å². The zero-order valence-corrected chi connectivity index (χ0v) is 13.4. The van der Waals surface area contributed by atoms with E-state index in [2.05, 4.69) is 34.4 Å². The Morgan fingerprint density at radius 3 is 2.81 bits per heavy atom. The Kier molecular flexibility index (Phi) is 3.93. The third-order valence-corrected chi connectivity index (χ3v) is 5.71. The van der Waals surface area contributed by atoms with Gasteiger partial charge in [0.1, 0.15) is 0 Å². The molecule has 1 aromatic heterocycles. The first-order valence-electron chi connectivity index (χ1n) is 7.99. The lowest BCUT2D eigenvalue weighted by Gasteiger charge is -2.57. The Morgan fingerprint density at radius 1 is 1.43 bits per heavy atom. The molecule has 116 valence electrons. The highest BCUT2D eigenvalue weighted by atomic mass is 16.3. The third-order valence-electron chi connectivity index (χ3n) is 5.71. The lowest BCUT2D eigenvalue weighted by atomic mass is 9.49. The van der Waals surface area contributed by atoms with Crippen LogP contribution in [0.3, 0.4) is 0 Å². The van der Waals surface area contributed by atoms with Gasteiger partial charge in [0.2, 0.25) is 0 Å². The molecule has 3 aliphatic carbocycles. The molecule has 3 aliphatic rings. The number of imidazole rings is 1. The van der Waals surface area contributed by atoms with Crippen LogP contribution in [0.5, 0.6) is 0 Å². The highest BCUT2D eigenvalue weighted by Crippen LogP contribution is 2.59. The fraction of sp³-hybridized carbons (Fsp3) is 0.706. The summed E-state index contributed by atoms with van der Waals surface area (Å²) in [6.07, 6.45) is 8.81. The molecule has 4 nitrogen and oxygen atoms in total. The maximum atomic E-state index is 9.36. The molecule has 2 atom stereocenters. The van der Waals surface area contributed by atoms with Crippen molar-refractivity contribution in [1.29, 1.82) is 0 Å². The molecular weight excluding hydrogens is 262 g/mol. The molecular formula is C17H27N3O. The molecule has 0 radical (unpaired) electrons. The molecule has 2 bridgehead atoms. The fourth-order valence-corrected chi connectivity index (χ4v) is 4.04. The van der Waals surface area contributed by atoms with Gasteiger partial charge < -0.3 is 9.67 Å². The van der Waals surface area contributed by atoms with E-state index in [0.717, 1.165) is 31.5 Å². The van der Waals surface area contributed by atoms with Crippen LogP contribution in [-0.2, 0) is 13.6 Å². The fourth-order valence-electron chi connectivity index (χ4n) is 4.04. The predicted octanol–water partition coefficient (Wildman–Crippen LogP) is 2.21. The maximum absolute atomic E-state index is 9.36. The first-order chi connectivity index (χ1) is 10.0. The van der Waals surface area contributed by atoms with E-state index in [1.54, 1.807) is 5.57 Å². The minimum Gasteiger partial charge on any atom is -0.395 e. The normalized spacial score (nSPS) is 26.6. The number of aliphatic hydroxyl groups is 1. The number of aliphatic hydroxyl groups excluding tert-OH is 1. The van der Waals surface area contributed by atoms with Gasteiger partial charge >= 0.3 is 0 Å². The van der Waals surface area contributed by atoms with Gasteiger partial charge in [0.15, 0.2) is 0 Å². The van der Waals surface area contributed by atoms with Crippen LogP contribution < -0.4 is 0 Å². The van der Waals surface area contributed by atoms with Gasteiger partial charge in [-0.05, 0) is 30.1 Å². The van der Waals surface area contributed by atoms with Gasteiger partial charge in [-0.2, -0.15) is 0 Å². The number of hydrogen-bond donors (Lipinski definition) is 1. The number of aromatic nitrogens is 2. The largest absolute Gasteiger partial charge is 0.395 e. The molecule has 1 fully saturated rings. The highest BCUT2D eigenvalue weighted by Gasteiger charge is 2.51. The van der Waals surface area contributed by atoms with Crippen LogP contribution >= 0.6 is 0 Å². The summed E-state index contributed by atoms with van der Waals surface area (Å²) < 4.78 is 2.06. The molecule has 1 heterocycles. The van der Waals surface area contributed by atoms with Gasteiger partial charge in [-0.3, -0.25) is 4.90 Å². The van der Waals surface area contributed by atoms with E-state index in [4.69, 9.17) is 0 Å². The monoisotopic (exact) mass is 289 g/mol. The van der Waals surface area contributed by atoms with Crippen molar-refractivity contribution in [2.75, 3.05) is 19.7 Å². The molecule has 0 spiro atoms. The highest BCUT2D eigenvalue weighted by molar-refractivity contribution is 5.24. The summed E-state index contributed by atoms with van der Waals surface area (Å²) in [6.45, 7) is 7.59. The molecule has 1 aromatic rings. The van der Waals surface area contributed by atoms with Crippen LogP contribution in [0.15, 0.2) is 24.2 Å². The van der Waals surface area contributed by atoms with E-state index in [1.165, 1.54) is 18.5 Å². The molecule has 1 N–H and O–H groups in total. The Morgan fingerprint density at radius 2 is 2.24 bits per heavy atom. The van der Waals surface area contributed by atoms with Crippen LogP contribution in [0, 0.1) is 17.3 Å². The quantitative estimate of drug-likeness (QED) is 0.816. The standard InChI is InChI=1S/C17H27N3O/c1-17(2)14-5-4-13(16(17)8-14)10-20(6-7-21)11-15-9-18-12-19(15)3/h4,9,12,14,16,21H,5-8,10-11H2,1-3H3/t14-,16-/m0/s1. The van der Waals surface area contributed by atoms with Crippen LogP contribution in [0.1, 0.15) is 32.4 Å². The molecule has 0 saturated heterocycles. The number of nitrogens with zero attached hydrogens (tertiary/aromatic N) is 3. The Bertz CT molecular complexity index is 532. The second kappa shape index (κ2) is 5.58. The number of rotatable bonds is 6. The zero-order valence-electron chi connectivity index (χ0n) is 13.4. The van der Waals surface area contributed by atoms with E-state index >= 15 is 0 Å². The number of allylic oxidation sites excluding steroid dienone is 1. The molecule has 0 aromatic carbocycles. The molecule has 4 heteroatoms. The average molecular weight is 289 g/mol. The Balaban J connectivity index is 1.68. The van der Waals surface area contributed by atoms with Crippen molar-refractivity contribution >= 4 is 0 Å². The Hall–Kier alpha value is -1.13. The zero-order chi connectivity index (χ0) is 15.0. The van der Waals surface area contributed by atoms with Crippen LogP contribution in [0.4, 0.5) is 0 Å². The minimum atomic E-state index is 0.210. The second-order valence-electron chi connectivity index (χ2n) is 7.25. The van der Waals surface area contributed by atoms with E-state index in [0.29, 0.717) is 5.41 Å². The van der Waals surface area contributed by atoms with Crippen LogP contribution in [0.25, 0.3) is 0 Å². The van der Waals surface area contributed by atoms with Gasteiger partial charge in [0.05, 0.1) is 18.6 Å².